The van der Waals surface area contributed by atoms with Gasteiger partial charge in [0.15, 0.2) is 5.78 Å². The van der Waals surface area contributed by atoms with E-state index in [1.165, 1.54) is 23.1 Å². The van der Waals surface area contributed by atoms with Crippen LogP contribution in [0.5, 0.6) is 0 Å². The number of thioether (sulfide) groups is 1. The summed E-state index contributed by atoms with van der Waals surface area (Å²) in [5.74, 6) is 0.721. The molecule has 7 heteroatoms. The molecule has 0 bridgehead atoms. The Bertz CT molecular complexity index is 756. The SMILES string of the molecule is O=C(CSc1nnc(-c2cccc(Cl)c2)o1)c1cccs1. The smallest absolute Gasteiger partial charge is 0.277 e. The van der Waals surface area contributed by atoms with E-state index in [0.29, 0.717) is 16.1 Å². The third-order valence-corrected chi connectivity index (χ3v) is 4.57. The van der Waals surface area contributed by atoms with E-state index < -0.39 is 0 Å². The van der Waals surface area contributed by atoms with E-state index >= 15 is 0 Å². The molecule has 0 fully saturated rings. The molecule has 1 aromatic carbocycles. The molecule has 0 atom stereocenters. The fraction of sp³-hybridized carbons (Fsp3) is 0.0714. The molecule has 2 heterocycles. The number of nitrogens with zero attached hydrogens (tertiary/aromatic N) is 2. The van der Waals surface area contributed by atoms with Gasteiger partial charge in [-0.15, -0.1) is 21.5 Å². The van der Waals surface area contributed by atoms with E-state index in [2.05, 4.69) is 10.2 Å². The molecule has 3 aromatic rings. The molecular weight excluding hydrogens is 328 g/mol. The van der Waals surface area contributed by atoms with Crippen LogP contribution in [-0.4, -0.2) is 21.7 Å². The summed E-state index contributed by atoms with van der Waals surface area (Å²) in [7, 11) is 0. The second-order valence-electron chi connectivity index (χ2n) is 4.07. The van der Waals surface area contributed by atoms with Crippen LogP contribution < -0.4 is 0 Å². The average Bonchev–Trinajstić information content (AvgIpc) is 3.16. The van der Waals surface area contributed by atoms with Crippen LogP contribution in [0.25, 0.3) is 11.5 Å². The maximum Gasteiger partial charge on any atom is 0.277 e. The van der Waals surface area contributed by atoms with Crippen LogP contribution in [0.4, 0.5) is 0 Å². The van der Waals surface area contributed by atoms with Gasteiger partial charge in [-0.1, -0.05) is 35.5 Å². The first kappa shape index (κ1) is 14.3. The van der Waals surface area contributed by atoms with Gasteiger partial charge in [0.05, 0.1) is 10.6 Å². The van der Waals surface area contributed by atoms with Crippen molar-refractivity contribution >= 4 is 40.5 Å². The maximum atomic E-state index is 11.9. The molecule has 0 unspecified atom stereocenters. The second kappa shape index (κ2) is 6.43. The number of hydrogen-bond acceptors (Lipinski definition) is 6. The fourth-order valence-electron chi connectivity index (χ4n) is 1.64. The van der Waals surface area contributed by atoms with Crippen LogP contribution in [0.1, 0.15) is 9.67 Å². The number of ketones is 1. The van der Waals surface area contributed by atoms with E-state index in [1.807, 2.05) is 23.6 Å². The second-order valence-corrected chi connectivity index (χ2v) is 6.38. The van der Waals surface area contributed by atoms with Crippen molar-refractivity contribution in [2.75, 3.05) is 5.75 Å². The topological polar surface area (TPSA) is 56.0 Å². The van der Waals surface area contributed by atoms with Crippen LogP contribution in [0.2, 0.25) is 5.02 Å². The van der Waals surface area contributed by atoms with Crippen molar-refractivity contribution < 1.29 is 9.21 Å². The van der Waals surface area contributed by atoms with Crippen molar-refractivity contribution in [1.29, 1.82) is 0 Å². The highest BCUT2D eigenvalue weighted by atomic mass is 35.5. The molecule has 2 aromatic heterocycles. The van der Waals surface area contributed by atoms with Gasteiger partial charge in [0.25, 0.3) is 5.22 Å². The summed E-state index contributed by atoms with van der Waals surface area (Å²) in [6.07, 6.45) is 0. The number of rotatable bonds is 5. The lowest BCUT2D eigenvalue weighted by molar-refractivity contribution is 0.102. The minimum Gasteiger partial charge on any atom is -0.411 e. The van der Waals surface area contributed by atoms with Crippen molar-refractivity contribution in [3.63, 3.8) is 0 Å². The van der Waals surface area contributed by atoms with Crippen LogP contribution >= 0.6 is 34.7 Å². The summed E-state index contributed by atoms with van der Waals surface area (Å²) in [6.45, 7) is 0. The van der Waals surface area contributed by atoms with Gasteiger partial charge in [-0.2, -0.15) is 0 Å². The predicted molar refractivity (Wildman–Crippen MR) is 84.1 cm³/mol. The molecule has 0 aliphatic carbocycles. The Kier molecular flexibility index (Phi) is 4.38. The summed E-state index contributed by atoms with van der Waals surface area (Å²) < 4.78 is 5.53. The van der Waals surface area contributed by atoms with Gasteiger partial charge in [-0.05, 0) is 29.6 Å². The number of carbonyl (C=O) groups excluding carboxylic acids is 1. The third kappa shape index (κ3) is 3.53. The Morgan fingerprint density at radius 1 is 1.29 bits per heavy atom. The van der Waals surface area contributed by atoms with Gasteiger partial charge in [0.1, 0.15) is 0 Å². The monoisotopic (exact) mass is 336 g/mol. The number of thiophene rings is 1. The Morgan fingerprint density at radius 3 is 2.95 bits per heavy atom. The summed E-state index contributed by atoms with van der Waals surface area (Å²) in [5, 5.41) is 10.7. The molecule has 0 saturated carbocycles. The molecule has 0 saturated heterocycles. The molecule has 0 amide bonds. The summed E-state index contributed by atoms with van der Waals surface area (Å²) in [4.78, 5) is 12.6. The lowest BCUT2D eigenvalue weighted by Crippen LogP contribution is -1.98. The molecule has 3 rings (SSSR count). The molecule has 0 spiro atoms. The Hall–Kier alpha value is -1.63. The molecular formula is C14H9ClN2O2S2. The molecule has 0 aliphatic heterocycles. The molecule has 21 heavy (non-hydrogen) atoms. The minimum absolute atomic E-state index is 0.0532. The van der Waals surface area contributed by atoms with Gasteiger partial charge in [0.2, 0.25) is 5.89 Å². The summed E-state index contributed by atoms with van der Waals surface area (Å²) in [5.41, 5.74) is 0.756. The van der Waals surface area contributed by atoms with Crippen molar-refractivity contribution in [3.05, 3.63) is 51.7 Å². The number of halogens is 1. The molecule has 0 aliphatic rings. The average molecular weight is 337 g/mol. The number of benzene rings is 1. The van der Waals surface area contributed by atoms with Crippen LogP contribution in [0, 0.1) is 0 Å². The van der Waals surface area contributed by atoms with Gasteiger partial charge in [0, 0.05) is 10.6 Å². The van der Waals surface area contributed by atoms with Crippen LogP contribution in [0.3, 0.4) is 0 Å². The zero-order chi connectivity index (χ0) is 14.7. The number of aromatic nitrogens is 2. The van der Waals surface area contributed by atoms with E-state index in [-0.39, 0.29) is 11.5 Å². The van der Waals surface area contributed by atoms with E-state index in [4.69, 9.17) is 16.0 Å². The first-order valence-corrected chi connectivity index (χ1v) is 8.25. The standard InChI is InChI=1S/C14H9ClN2O2S2/c15-10-4-1-3-9(7-10)13-16-17-14(19-13)21-8-11(18)12-5-2-6-20-12/h1-7H,8H2. The van der Waals surface area contributed by atoms with Gasteiger partial charge in [-0.3, -0.25) is 4.79 Å². The lowest BCUT2D eigenvalue weighted by atomic mass is 10.2. The van der Waals surface area contributed by atoms with Crippen molar-refractivity contribution in [1.82, 2.24) is 10.2 Å². The Balaban J connectivity index is 1.67. The summed E-state index contributed by atoms with van der Waals surface area (Å²) in [6, 6.07) is 10.8. The largest absolute Gasteiger partial charge is 0.411 e. The van der Waals surface area contributed by atoms with E-state index in [0.717, 1.165) is 10.4 Å². The fourth-order valence-corrected chi connectivity index (χ4v) is 3.23. The highest BCUT2D eigenvalue weighted by molar-refractivity contribution is 7.99. The van der Waals surface area contributed by atoms with E-state index in [1.54, 1.807) is 18.2 Å². The molecule has 106 valence electrons. The quantitative estimate of drug-likeness (QED) is 0.509. The van der Waals surface area contributed by atoms with Crippen molar-refractivity contribution in [2.24, 2.45) is 0 Å². The summed E-state index contributed by atoms with van der Waals surface area (Å²) >= 11 is 8.58. The normalized spacial score (nSPS) is 10.7. The predicted octanol–water partition coefficient (Wildman–Crippen LogP) is 4.43. The van der Waals surface area contributed by atoms with Gasteiger partial charge in [-0.25, -0.2) is 0 Å². The van der Waals surface area contributed by atoms with Gasteiger partial charge >= 0.3 is 0 Å². The highest BCUT2D eigenvalue weighted by Gasteiger charge is 2.13. The number of hydrogen-bond donors (Lipinski definition) is 0. The number of Topliss-reactive ketones (excluding diaryl/α,β-unsaturated/α-hetero) is 1. The van der Waals surface area contributed by atoms with Crippen LogP contribution in [-0.2, 0) is 0 Å². The van der Waals surface area contributed by atoms with Crippen molar-refractivity contribution in [2.45, 2.75) is 5.22 Å². The first-order chi connectivity index (χ1) is 10.2. The maximum absolute atomic E-state index is 11.9. The van der Waals surface area contributed by atoms with Crippen LogP contribution in [0.15, 0.2) is 51.4 Å². The highest BCUT2D eigenvalue weighted by Crippen LogP contribution is 2.25. The molecule has 4 nitrogen and oxygen atoms in total. The molecule has 0 radical (unpaired) electrons. The molecule has 0 N–H and O–H groups in total. The Morgan fingerprint density at radius 2 is 2.19 bits per heavy atom. The first-order valence-electron chi connectivity index (χ1n) is 6.01. The zero-order valence-electron chi connectivity index (χ0n) is 10.7. The number of carbonyl (C=O) groups is 1. The van der Waals surface area contributed by atoms with Gasteiger partial charge < -0.3 is 4.42 Å². The van der Waals surface area contributed by atoms with Crippen molar-refractivity contribution in [3.8, 4) is 11.5 Å². The third-order valence-electron chi connectivity index (χ3n) is 2.60. The van der Waals surface area contributed by atoms with E-state index in [9.17, 15) is 4.79 Å². The minimum atomic E-state index is 0.0532. The zero-order valence-corrected chi connectivity index (χ0v) is 13.0. The lowest BCUT2D eigenvalue weighted by Gasteiger charge is -1.95. The Labute approximate surface area is 134 Å².